The Morgan fingerprint density at radius 2 is 1.55 bits per heavy atom. The van der Waals surface area contributed by atoms with Crippen LogP contribution in [0.25, 0.3) is 0 Å². The number of para-hydroxylation sites is 1. The molecule has 5 rings (SSSR count). The summed E-state index contributed by atoms with van der Waals surface area (Å²) in [5.41, 5.74) is 3.10. The molecule has 1 unspecified atom stereocenters. The summed E-state index contributed by atoms with van der Waals surface area (Å²) in [6.07, 6.45) is -2.05. The Labute approximate surface area is 191 Å². The largest absolute Gasteiger partial charge is 0.573 e. The summed E-state index contributed by atoms with van der Waals surface area (Å²) in [6.45, 7) is 2.82. The number of ether oxygens (including phenoxy) is 2. The lowest BCUT2D eigenvalue weighted by Gasteiger charge is -2.47. The van der Waals surface area contributed by atoms with Gasteiger partial charge in [0.1, 0.15) is 17.1 Å². The predicted molar refractivity (Wildman–Crippen MR) is 120 cm³/mol. The summed E-state index contributed by atoms with van der Waals surface area (Å²) in [5.74, 6) is 0.743. The molecular weight excluding hydrogens is 427 g/mol. The van der Waals surface area contributed by atoms with Crippen LogP contribution in [-0.4, -0.2) is 30.0 Å². The maximum absolute atomic E-state index is 12.6. The SMILES string of the molecule is FC(F)(F)Oc1ccc(C2CC3(CCN(Cc4ccccc4)CC3)Oc3ccccc32)cc1. The van der Waals surface area contributed by atoms with Crippen molar-refractivity contribution in [1.29, 1.82) is 0 Å². The van der Waals surface area contributed by atoms with Crippen molar-refractivity contribution in [2.24, 2.45) is 0 Å². The van der Waals surface area contributed by atoms with E-state index in [-0.39, 0.29) is 17.3 Å². The van der Waals surface area contributed by atoms with E-state index >= 15 is 0 Å². The van der Waals surface area contributed by atoms with Crippen molar-refractivity contribution >= 4 is 0 Å². The fraction of sp³-hybridized carbons (Fsp3) is 0.333. The Kier molecular flexibility index (Phi) is 5.79. The van der Waals surface area contributed by atoms with Gasteiger partial charge in [-0.3, -0.25) is 4.90 Å². The first-order valence-electron chi connectivity index (χ1n) is 11.3. The molecule has 1 saturated heterocycles. The molecule has 0 N–H and O–H groups in total. The van der Waals surface area contributed by atoms with E-state index in [2.05, 4.69) is 40.0 Å². The molecule has 172 valence electrons. The quantitative estimate of drug-likeness (QED) is 0.448. The van der Waals surface area contributed by atoms with Crippen LogP contribution >= 0.6 is 0 Å². The Morgan fingerprint density at radius 1 is 0.879 bits per heavy atom. The molecule has 3 aromatic carbocycles. The minimum Gasteiger partial charge on any atom is -0.487 e. The zero-order chi connectivity index (χ0) is 22.9. The molecule has 1 spiro atoms. The first kappa shape index (κ1) is 21.8. The molecule has 3 nitrogen and oxygen atoms in total. The summed E-state index contributed by atoms with van der Waals surface area (Å²) < 4.78 is 48.3. The average molecular weight is 454 g/mol. The van der Waals surface area contributed by atoms with Gasteiger partial charge >= 0.3 is 6.36 Å². The van der Waals surface area contributed by atoms with E-state index in [1.807, 2.05) is 24.3 Å². The van der Waals surface area contributed by atoms with Crippen molar-refractivity contribution in [1.82, 2.24) is 4.90 Å². The number of hydrogen-bond acceptors (Lipinski definition) is 3. The first-order chi connectivity index (χ1) is 15.9. The smallest absolute Gasteiger partial charge is 0.487 e. The monoisotopic (exact) mass is 453 g/mol. The average Bonchev–Trinajstić information content (AvgIpc) is 2.80. The number of piperidine rings is 1. The number of rotatable bonds is 4. The van der Waals surface area contributed by atoms with Gasteiger partial charge in [-0.25, -0.2) is 0 Å². The van der Waals surface area contributed by atoms with E-state index in [4.69, 9.17) is 4.74 Å². The Bertz CT molecular complexity index is 1070. The standard InChI is InChI=1S/C27H26F3NO2/c28-27(29,30)32-22-12-10-21(11-13-22)24-18-26(33-25-9-5-4-8-23(24)25)14-16-31(17-15-26)19-20-6-2-1-3-7-20/h1-13,24H,14-19H2. The molecule has 0 aliphatic carbocycles. The van der Waals surface area contributed by atoms with Crippen molar-refractivity contribution in [3.63, 3.8) is 0 Å². The number of benzene rings is 3. The van der Waals surface area contributed by atoms with Gasteiger partial charge in [0.05, 0.1) is 0 Å². The summed E-state index contributed by atoms with van der Waals surface area (Å²) in [6, 6.07) is 24.8. The van der Waals surface area contributed by atoms with Gasteiger partial charge in [-0.15, -0.1) is 13.2 Å². The number of halogens is 3. The van der Waals surface area contributed by atoms with E-state index in [0.29, 0.717) is 0 Å². The third kappa shape index (κ3) is 5.01. The maximum Gasteiger partial charge on any atom is 0.573 e. The first-order valence-corrected chi connectivity index (χ1v) is 11.3. The number of hydrogen-bond donors (Lipinski definition) is 0. The van der Waals surface area contributed by atoms with E-state index in [0.717, 1.165) is 55.8 Å². The minimum absolute atomic E-state index is 0.0653. The van der Waals surface area contributed by atoms with Gasteiger partial charge in [0.25, 0.3) is 0 Å². The molecule has 1 fully saturated rings. The van der Waals surface area contributed by atoms with Crippen LogP contribution < -0.4 is 9.47 Å². The normalized spacial score (nSPS) is 20.2. The van der Waals surface area contributed by atoms with Crippen LogP contribution in [0.2, 0.25) is 0 Å². The van der Waals surface area contributed by atoms with Crippen molar-refractivity contribution < 1.29 is 22.6 Å². The Balaban J connectivity index is 1.34. The highest BCUT2D eigenvalue weighted by Crippen LogP contribution is 2.48. The van der Waals surface area contributed by atoms with Crippen LogP contribution in [0.15, 0.2) is 78.9 Å². The van der Waals surface area contributed by atoms with Crippen molar-refractivity contribution in [2.45, 2.75) is 43.7 Å². The van der Waals surface area contributed by atoms with Gasteiger partial charge in [-0.2, -0.15) is 0 Å². The lowest BCUT2D eigenvalue weighted by molar-refractivity contribution is -0.274. The van der Waals surface area contributed by atoms with E-state index in [9.17, 15) is 13.2 Å². The van der Waals surface area contributed by atoms with E-state index in [1.54, 1.807) is 12.1 Å². The molecule has 3 aromatic rings. The molecule has 2 aliphatic heterocycles. The molecule has 33 heavy (non-hydrogen) atoms. The second-order valence-electron chi connectivity index (χ2n) is 8.96. The lowest BCUT2D eigenvalue weighted by atomic mass is 9.75. The summed E-state index contributed by atoms with van der Waals surface area (Å²) in [5, 5.41) is 0. The van der Waals surface area contributed by atoms with Crippen LogP contribution in [0.4, 0.5) is 13.2 Å². The molecule has 6 heteroatoms. The molecule has 0 aromatic heterocycles. The molecule has 0 amide bonds. The molecular formula is C27H26F3NO2. The second-order valence-corrected chi connectivity index (χ2v) is 8.96. The van der Waals surface area contributed by atoms with Crippen LogP contribution in [-0.2, 0) is 6.54 Å². The highest BCUT2D eigenvalue weighted by Gasteiger charge is 2.43. The topological polar surface area (TPSA) is 21.7 Å². The predicted octanol–water partition coefficient (Wildman–Crippen LogP) is 6.53. The summed E-state index contributed by atoms with van der Waals surface area (Å²) >= 11 is 0. The lowest BCUT2D eigenvalue weighted by Crippen LogP contribution is -2.50. The van der Waals surface area contributed by atoms with Gasteiger partial charge in [-0.1, -0.05) is 60.7 Å². The highest BCUT2D eigenvalue weighted by atomic mass is 19.4. The maximum atomic E-state index is 12.6. The molecule has 0 saturated carbocycles. The van der Waals surface area contributed by atoms with Gasteiger partial charge in [0, 0.05) is 31.1 Å². The van der Waals surface area contributed by atoms with Crippen molar-refractivity contribution in [3.05, 3.63) is 95.6 Å². The number of nitrogens with zero attached hydrogens (tertiary/aromatic N) is 1. The van der Waals surface area contributed by atoms with Gasteiger partial charge in [0.2, 0.25) is 0 Å². The third-order valence-electron chi connectivity index (χ3n) is 6.73. The van der Waals surface area contributed by atoms with E-state index in [1.165, 1.54) is 17.7 Å². The number of likely N-dealkylation sites (tertiary alicyclic amines) is 1. The zero-order valence-electron chi connectivity index (χ0n) is 18.2. The molecule has 0 bridgehead atoms. The molecule has 0 radical (unpaired) electrons. The fourth-order valence-corrected chi connectivity index (χ4v) is 5.08. The molecule has 2 heterocycles. The second kappa shape index (κ2) is 8.75. The highest BCUT2D eigenvalue weighted by molar-refractivity contribution is 5.46. The van der Waals surface area contributed by atoms with Crippen LogP contribution in [0.5, 0.6) is 11.5 Å². The Morgan fingerprint density at radius 3 is 2.24 bits per heavy atom. The third-order valence-corrected chi connectivity index (χ3v) is 6.73. The number of alkyl halides is 3. The van der Waals surface area contributed by atoms with Gasteiger partial charge < -0.3 is 9.47 Å². The fourth-order valence-electron chi connectivity index (χ4n) is 5.08. The zero-order valence-corrected chi connectivity index (χ0v) is 18.2. The summed E-state index contributed by atoms with van der Waals surface area (Å²) in [7, 11) is 0. The van der Waals surface area contributed by atoms with Gasteiger partial charge in [0.15, 0.2) is 0 Å². The van der Waals surface area contributed by atoms with Gasteiger partial charge in [-0.05, 0) is 48.6 Å². The minimum atomic E-state index is -4.69. The molecule has 2 aliphatic rings. The Hall–Kier alpha value is -2.99. The summed E-state index contributed by atoms with van der Waals surface area (Å²) in [4.78, 5) is 2.46. The van der Waals surface area contributed by atoms with Crippen LogP contribution in [0, 0.1) is 0 Å². The van der Waals surface area contributed by atoms with Crippen molar-refractivity contribution in [3.8, 4) is 11.5 Å². The molecule has 1 atom stereocenters. The van der Waals surface area contributed by atoms with E-state index < -0.39 is 6.36 Å². The van der Waals surface area contributed by atoms with Crippen LogP contribution in [0.1, 0.15) is 41.9 Å². The van der Waals surface area contributed by atoms with Crippen LogP contribution in [0.3, 0.4) is 0 Å². The number of fused-ring (bicyclic) bond motifs is 1. The van der Waals surface area contributed by atoms with Crippen molar-refractivity contribution in [2.75, 3.05) is 13.1 Å².